The van der Waals surface area contributed by atoms with Crippen molar-refractivity contribution in [2.24, 2.45) is 0 Å². The molecule has 0 bridgehead atoms. The second kappa shape index (κ2) is 5.44. The van der Waals surface area contributed by atoms with E-state index in [1.54, 1.807) is 0 Å². The number of hydrogen-bond acceptors (Lipinski definition) is 2. The molecule has 0 spiro atoms. The molecule has 0 saturated heterocycles. The van der Waals surface area contributed by atoms with Gasteiger partial charge in [0.25, 0.3) is 0 Å². The Kier molecular flexibility index (Phi) is 8.76. The molecular formula is C3H7MnO2-. The third-order valence-corrected chi connectivity index (χ3v) is 0.211. The number of aliphatic hydroxyl groups is 2. The minimum atomic E-state index is -0.810. The van der Waals surface area contributed by atoms with Gasteiger partial charge in [0.1, 0.15) is 0 Å². The molecule has 0 aromatic carbocycles. The van der Waals surface area contributed by atoms with Crippen LogP contribution in [0.4, 0.5) is 0 Å². The molecule has 0 aliphatic rings. The Balaban J connectivity index is 0. The van der Waals surface area contributed by atoms with E-state index in [9.17, 15) is 0 Å². The SMILES string of the molecule is [CH2-]C(O)CO.[Mn]. The maximum atomic E-state index is 8.00. The van der Waals surface area contributed by atoms with Crippen LogP contribution in [0.5, 0.6) is 0 Å². The summed E-state index contributed by atoms with van der Waals surface area (Å²) in [6.45, 7) is 2.81. The molecular weight excluding hydrogens is 123 g/mol. The second-order valence-electron chi connectivity index (χ2n) is 0.836. The first kappa shape index (κ1) is 9.67. The molecule has 0 rings (SSSR count). The van der Waals surface area contributed by atoms with Gasteiger partial charge in [-0.15, -0.1) is 0 Å². The van der Waals surface area contributed by atoms with Crippen LogP contribution in [-0.4, -0.2) is 22.9 Å². The van der Waals surface area contributed by atoms with E-state index >= 15 is 0 Å². The Hall–Kier alpha value is 0.439. The Morgan fingerprint density at radius 2 is 1.83 bits per heavy atom. The van der Waals surface area contributed by atoms with Crippen LogP contribution in [0.1, 0.15) is 0 Å². The van der Waals surface area contributed by atoms with Crippen LogP contribution in [-0.2, 0) is 17.1 Å². The number of rotatable bonds is 1. The van der Waals surface area contributed by atoms with Gasteiger partial charge < -0.3 is 17.1 Å². The van der Waals surface area contributed by atoms with Crippen molar-refractivity contribution in [3.05, 3.63) is 6.92 Å². The summed E-state index contributed by atoms with van der Waals surface area (Å²) in [7, 11) is 0. The summed E-state index contributed by atoms with van der Waals surface area (Å²) in [6, 6.07) is 0. The molecule has 2 nitrogen and oxygen atoms in total. The summed E-state index contributed by atoms with van der Waals surface area (Å²) in [5, 5.41) is 15.8. The first-order chi connectivity index (χ1) is 2.27. The van der Waals surface area contributed by atoms with Gasteiger partial charge in [0.2, 0.25) is 0 Å². The van der Waals surface area contributed by atoms with Gasteiger partial charge in [-0.2, -0.15) is 0 Å². The van der Waals surface area contributed by atoms with Gasteiger partial charge in [-0.1, -0.05) is 0 Å². The minimum Gasteiger partial charge on any atom is -0.423 e. The fourth-order valence-electron chi connectivity index (χ4n) is 0. The fraction of sp³-hybridized carbons (Fsp3) is 0.667. The molecule has 1 atom stereocenters. The number of aliphatic hydroxyl groups excluding tert-OH is 2. The van der Waals surface area contributed by atoms with E-state index < -0.39 is 6.10 Å². The Labute approximate surface area is 47.7 Å². The van der Waals surface area contributed by atoms with Crippen LogP contribution in [0.2, 0.25) is 0 Å². The van der Waals surface area contributed by atoms with Crippen LogP contribution in [0.3, 0.4) is 0 Å². The van der Waals surface area contributed by atoms with Crippen molar-refractivity contribution in [3.63, 3.8) is 0 Å². The molecule has 1 unspecified atom stereocenters. The molecule has 0 amide bonds. The monoisotopic (exact) mass is 130 g/mol. The fourth-order valence-corrected chi connectivity index (χ4v) is 0. The Morgan fingerprint density at radius 3 is 1.83 bits per heavy atom. The van der Waals surface area contributed by atoms with E-state index in [4.69, 9.17) is 10.2 Å². The first-order valence-electron chi connectivity index (χ1n) is 1.39. The van der Waals surface area contributed by atoms with Gasteiger partial charge in [0, 0.05) is 23.7 Å². The summed E-state index contributed by atoms with van der Waals surface area (Å²) in [5.41, 5.74) is 0. The predicted molar refractivity (Wildman–Crippen MR) is 18.4 cm³/mol. The number of hydrogen-bond donors (Lipinski definition) is 2. The summed E-state index contributed by atoms with van der Waals surface area (Å²) < 4.78 is 0. The van der Waals surface area contributed by atoms with Gasteiger partial charge in [0.05, 0.1) is 0 Å². The summed E-state index contributed by atoms with van der Waals surface area (Å²) >= 11 is 0. The topological polar surface area (TPSA) is 40.5 Å². The normalized spacial score (nSPS) is 12.5. The van der Waals surface area contributed by atoms with Crippen LogP contribution >= 0.6 is 0 Å². The van der Waals surface area contributed by atoms with Crippen LogP contribution in [0, 0.1) is 6.92 Å². The molecule has 0 fully saturated rings. The molecule has 6 heavy (non-hydrogen) atoms. The molecule has 39 valence electrons. The van der Waals surface area contributed by atoms with Crippen molar-refractivity contribution in [1.29, 1.82) is 0 Å². The average Bonchev–Trinajstić information content (AvgIpc) is 1.38. The van der Waals surface area contributed by atoms with Crippen molar-refractivity contribution < 1.29 is 27.3 Å². The largest absolute Gasteiger partial charge is 0.423 e. The summed E-state index contributed by atoms with van der Waals surface area (Å²) in [5.74, 6) is 0. The van der Waals surface area contributed by atoms with E-state index in [0.29, 0.717) is 0 Å². The van der Waals surface area contributed by atoms with Gasteiger partial charge in [-0.05, 0) is 6.10 Å². The molecule has 2 N–H and O–H groups in total. The molecule has 0 aromatic rings. The molecule has 0 aliphatic heterocycles. The molecule has 1 radical (unpaired) electrons. The molecule has 0 heterocycles. The van der Waals surface area contributed by atoms with Gasteiger partial charge in [0.15, 0.2) is 0 Å². The van der Waals surface area contributed by atoms with E-state index in [1.165, 1.54) is 0 Å². The van der Waals surface area contributed by atoms with Crippen molar-refractivity contribution in [3.8, 4) is 0 Å². The zero-order valence-electron chi connectivity index (χ0n) is 3.26. The van der Waals surface area contributed by atoms with E-state index in [-0.39, 0.29) is 23.7 Å². The van der Waals surface area contributed by atoms with E-state index in [0.717, 1.165) is 0 Å². The Morgan fingerprint density at radius 1 is 1.67 bits per heavy atom. The van der Waals surface area contributed by atoms with Crippen molar-refractivity contribution in [2.75, 3.05) is 6.61 Å². The molecule has 0 saturated carbocycles. The van der Waals surface area contributed by atoms with Crippen LogP contribution in [0.15, 0.2) is 0 Å². The van der Waals surface area contributed by atoms with Crippen molar-refractivity contribution in [1.82, 2.24) is 0 Å². The molecule has 3 heteroatoms. The maximum Gasteiger partial charge on any atom is 0.0408 e. The Bertz CT molecular complexity index is 22.8. The van der Waals surface area contributed by atoms with Crippen molar-refractivity contribution >= 4 is 0 Å². The second-order valence-corrected chi connectivity index (χ2v) is 0.836. The maximum absolute atomic E-state index is 8.00. The minimum absolute atomic E-state index is 0. The smallest absolute Gasteiger partial charge is 0.0408 e. The quantitative estimate of drug-likeness (QED) is 0.359. The zero-order valence-corrected chi connectivity index (χ0v) is 4.44. The summed E-state index contributed by atoms with van der Waals surface area (Å²) in [6.07, 6.45) is -0.810. The van der Waals surface area contributed by atoms with E-state index in [1.807, 2.05) is 0 Å². The zero-order chi connectivity index (χ0) is 4.28. The van der Waals surface area contributed by atoms with Crippen LogP contribution in [0.25, 0.3) is 0 Å². The standard InChI is InChI=1S/C3H7O2.Mn/c1-3(5)2-4;/h3-5H,1-2H2;/q-1;. The summed E-state index contributed by atoms with van der Waals surface area (Å²) in [4.78, 5) is 0. The third-order valence-electron chi connectivity index (χ3n) is 0.211. The average molecular weight is 130 g/mol. The van der Waals surface area contributed by atoms with E-state index in [2.05, 4.69) is 6.92 Å². The van der Waals surface area contributed by atoms with Gasteiger partial charge >= 0.3 is 0 Å². The van der Waals surface area contributed by atoms with Crippen LogP contribution < -0.4 is 0 Å². The van der Waals surface area contributed by atoms with Gasteiger partial charge in [-0.25, -0.2) is 0 Å². The van der Waals surface area contributed by atoms with Gasteiger partial charge in [-0.3, -0.25) is 0 Å². The van der Waals surface area contributed by atoms with Crippen molar-refractivity contribution in [2.45, 2.75) is 6.10 Å². The molecule has 0 aliphatic carbocycles. The first-order valence-corrected chi connectivity index (χ1v) is 1.39. The third kappa shape index (κ3) is 8.83. The predicted octanol–water partition coefficient (Wildman–Crippen LogP) is -0.829. The molecule has 0 aromatic heterocycles.